The first-order chi connectivity index (χ1) is 10.3. The Kier molecular flexibility index (Phi) is 4.28. The van der Waals surface area contributed by atoms with Crippen LogP contribution in [0.2, 0.25) is 0 Å². The zero-order valence-electron chi connectivity index (χ0n) is 12.3. The van der Waals surface area contributed by atoms with Gasteiger partial charge in [-0.15, -0.1) is 0 Å². The Balaban J connectivity index is 1.63. The normalized spacial score (nSPS) is 14.0. The highest BCUT2D eigenvalue weighted by Crippen LogP contribution is 2.39. The maximum absolute atomic E-state index is 4.58. The molecule has 0 aromatic carbocycles. The van der Waals surface area contributed by atoms with Crippen LogP contribution in [0.1, 0.15) is 37.1 Å². The van der Waals surface area contributed by atoms with E-state index in [2.05, 4.69) is 38.6 Å². The number of nitrogens with zero attached hydrogens (tertiary/aromatic N) is 3. The average Bonchev–Trinajstić information content (AvgIpc) is 3.33. The van der Waals surface area contributed by atoms with Crippen molar-refractivity contribution >= 4 is 11.8 Å². The van der Waals surface area contributed by atoms with Gasteiger partial charge in [0.15, 0.2) is 0 Å². The summed E-state index contributed by atoms with van der Waals surface area (Å²) in [4.78, 5) is 13.4. The Morgan fingerprint density at radius 2 is 2.10 bits per heavy atom. The summed E-state index contributed by atoms with van der Waals surface area (Å²) in [6.07, 6.45) is 5.21. The van der Waals surface area contributed by atoms with E-state index in [0.717, 1.165) is 42.7 Å². The van der Waals surface area contributed by atoms with E-state index in [1.165, 1.54) is 12.8 Å². The molecule has 0 radical (unpaired) electrons. The molecule has 0 aliphatic heterocycles. The van der Waals surface area contributed by atoms with Gasteiger partial charge in [0.2, 0.25) is 5.95 Å². The second-order valence-corrected chi connectivity index (χ2v) is 5.30. The first-order valence-corrected chi connectivity index (χ1v) is 7.62. The minimum absolute atomic E-state index is 0.627. The molecule has 2 N–H and O–H groups in total. The molecule has 2 heterocycles. The fourth-order valence-corrected chi connectivity index (χ4v) is 2.25. The molecule has 21 heavy (non-hydrogen) atoms. The van der Waals surface area contributed by atoms with Crippen LogP contribution in [0.5, 0.6) is 0 Å². The second-order valence-electron chi connectivity index (χ2n) is 5.30. The maximum atomic E-state index is 4.58. The highest BCUT2D eigenvalue weighted by molar-refractivity contribution is 5.44. The molecule has 0 spiro atoms. The molecule has 2 aromatic rings. The fraction of sp³-hybridized carbons (Fsp3) is 0.438. The van der Waals surface area contributed by atoms with Crippen molar-refractivity contribution in [2.45, 2.75) is 32.1 Å². The number of nitrogens with one attached hydrogen (secondary N) is 2. The Hall–Kier alpha value is -2.17. The van der Waals surface area contributed by atoms with Crippen LogP contribution in [0.3, 0.4) is 0 Å². The van der Waals surface area contributed by atoms with E-state index in [1.54, 1.807) is 0 Å². The zero-order valence-corrected chi connectivity index (χ0v) is 12.3. The predicted octanol–water partition coefficient (Wildman–Crippen LogP) is 2.84. The maximum Gasteiger partial charge on any atom is 0.224 e. The van der Waals surface area contributed by atoms with Crippen LogP contribution in [0.15, 0.2) is 30.5 Å². The summed E-state index contributed by atoms with van der Waals surface area (Å²) in [7, 11) is 0. The van der Waals surface area contributed by atoms with Gasteiger partial charge in [0.1, 0.15) is 5.82 Å². The molecule has 3 rings (SSSR count). The summed E-state index contributed by atoms with van der Waals surface area (Å²) in [6.45, 7) is 3.71. The standard InChI is InChI=1S/C16H21N5/c1-2-17-16-20-14(12-6-7-12)11-15(21-16)19-10-8-13-5-3-4-9-18-13/h3-5,9,11-12H,2,6-8,10H2,1H3,(H2,17,19,20,21). The van der Waals surface area contributed by atoms with Crippen LogP contribution in [-0.4, -0.2) is 28.0 Å². The van der Waals surface area contributed by atoms with Crippen LogP contribution in [-0.2, 0) is 6.42 Å². The zero-order chi connectivity index (χ0) is 14.5. The Morgan fingerprint density at radius 3 is 2.81 bits per heavy atom. The van der Waals surface area contributed by atoms with E-state index < -0.39 is 0 Å². The quantitative estimate of drug-likeness (QED) is 0.818. The van der Waals surface area contributed by atoms with Crippen LogP contribution < -0.4 is 10.6 Å². The molecule has 5 nitrogen and oxygen atoms in total. The summed E-state index contributed by atoms with van der Waals surface area (Å²) in [6, 6.07) is 8.08. The van der Waals surface area contributed by atoms with E-state index in [4.69, 9.17) is 0 Å². The van der Waals surface area contributed by atoms with Crippen LogP contribution in [0.4, 0.5) is 11.8 Å². The molecular weight excluding hydrogens is 262 g/mol. The van der Waals surface area contributed by atoms with E-state index in [1.807, 2.05) is 24.4 Å². The van der Waals surface area contributed by atoms with Gasteiger partial charge in [0.25, 0.3) is 0 Å². The smallest absolute Gasteiger partial charge is 0.224 e. The number of hydrogen-bond donors (Lipinski definition) is 2. The van der Waals surface area contributed by atoms with Gasteiger partial charge in [-0.3, -0.25) is 4.98 Å². The minimum Gasteiger partial charge on any atom is -0.370 e. The van der Waals surface area contributed by atoms with Crippen molar-refractivity contribution in [2.75, 3.05) is 23.7 Å². The third-order valence-corrected chi connectivity index (χ3v) is 3.49. The van der Waals surface area contributed by atoms with Gasteiger partial charge in [-0.25, -0.2) is 4.98 Å². The third-order valence-electron chi connectivity index (χ3n) is 3.49. The van der Waals surface area contributed by atoms with Crippen LogP contribution >= 0.6 is 0 Å². The van der Waals surface area contributed by atoms with Crippen LogP contribution in [0, 0.1) is 0 Å². The summed E-state index contributed by atoms with van der Waals surface area (Å²) >= 11 is 0. The highest BCUT2D eigenvalue weighted by Gasteiger charge is 2.26. The molecule has 2 aromatic heterocycles. The number of hydrogen-bond acceptors (Lipinski definition) is 5. The summed E-state index contributed by atoms with van der Waals surface area (Å²) in [5, 5.41) is 6.59. The monoisotopic (exact) mass is 283 g/mol. The van der Waals surface area contributed by atoms with Gasteiger partial charge in [0, 0.05) is 43.4 Å². The third kappa shape index (κ3) is 3.90. The lowest BCUT2D eigenvalue weighted by molar-refractivity contribution is 0.934. The Bertz CT molecular complexity index is 580. The molecule has 1 aliphatic carbocycles. The topological polar surface area (TPSA) is 62.7 Å². The van der Waals surface area contributed by atoms with Gasteiger partial charge in [-0.2, -0.15) is 4.98 Å². The number of pyridine rings is 1. The van der Waals surface area contributed by atoms with Crippen molar-refractivity contribution in [3.05, 3.63) is 41.9 Å². The molecule has 1 fully saturated rings. The number of rotatable bonds is 7. The van der Waals surface area contributed by atoms with Crippen molar-refractivity contribution in [1.82, 2.24) is 15.0 Å². The number of aromatic nitrogens is 3. The lowest BCUT2D eigenvalue weighted by Crippen LogP contribution is -2.10. The molecule has 0 bridgehead atoms. The molecule has 0 atom stereocenters. The summed E-state index contributed by atoms with van der Waals surface area (Å²) < 4.78 is 0. The lowest BCUT2D eigenvalue weighted by Gasteiger charge is -2.10. The van der Waals surface area contributed by atoms with Crippen molar-refractivity contribution in [3.8, 4) is 0 Å². The number of anilines is 2. The highest BCUT2D eigenvalue weighted by atomic mass is 15.1. The van der Waals surface area contributed by atoms with E-state index >= 15 is 0 Å². The minimum atomic E-state index is 0.627. The summed E-state index contributed by atoms with van der Waals surface area (Å²) in [5.74, 6) is 2.25. The van der Waals surface area contributed by atoms with Gasteiger partial charge in [0.05, 0.1) is 5.69 Å². The van der Waals surface area contributed by atoms with Gasteiger partial charge < -0.3 is 10.6 Å². The van der Waals surface area contributed by atoms with Crippen molar-refractivity contribution in [2.24, 2.45) is 0 Å². The molecule has 1 saturated carbocycles. The molecule has 0 amide bonds. The molecule has 0 saturated heterocycles. The van der Waals surface area contributed by atoms with E-state index in [9.17, 15) is 0 Å². The van der Waals surface area contributed by atoms with E-state index in [0.29, 0.717) is 5.92 Å². The van der Waals surface area contributed by atoms with Crippen molar-refractivity contribution in [3.63, 3.8) is 0 Å². The lowest BCUT2D eigenvalue weighted by atomic mass is 10.2. The van der Waals surface area contributed by atoms with Crippen LogP contribution in [0.25, 0.3) is 0 Å². The molecule has 0 unspecified atom stereocenters. The van der Waals surface area contributed by atoms with Gasteiger partial charge in [-0.1, -0.05) is 6.07 Å². The van der Waals surface area contributed by atoms with Gasteiger partial charge in [-0.05, 0) is 31.9 Å². The first kappa shape index (κ1) is 13.8. The molecule has 1 aliphatic rings. The molecular formula is C16H21N5. The first-order valence-electron chi connectivity index (χ1n) is 7.62. The summed E-state index contributed by atoms with van der Waals surface area (Å²) in [5.41, 5.74) is 2.25. The van der Waals surface area contributed by atoms with Gasteiger partial charge >= 0.3 is 0 Å². The Labute approximate surface area is 125 Å². The second kappa shape index (κ2) is 6.52. The molecule has 5 heteroatoms. The van der Waals surface area contributed by atoms with E-state index in [-0.39, 0.29) is 0 Å². The largest absolute Gasteiger partial charge is 0.370 e. The van der Waals surface area contributed by atoms with Crippen molar-refractivity contribution in [1.29, 1.82) is 0 Å². The average molecular weight is 283 g/mol. The predicted molar refractivity (Wildman–Crippen MR) is 84.6 cm³/mol. The Morgan fingerprint density at radius 1 is 1.19 bits per heavy atom. The van der Waals surface area contributed by atoms with Crippen molar-refractivity contribution < 1.29 is 0 Å². The fourth-order valence-electron chi connectivity index (χ4n) is 2.25. The SMILES string of the molecule is CCNc1nc(NCCc2ccccn2)cc(C2CC2)n1. The molecule has 110 valence electrons.